The Labute approximate surface area is 120 Å². The highest BCUT2D eigenvalue weighted by molar-refractivity contribution is 7.10. The highest BCUT2D eigenvalue weighted by atomic mass is 32.1. The van der Waals surface area contributed by atoms with Gasteiger partial charge in [-0.2, -0.15) is 0 Å². The average molecular weight is 281 g/mol. The van der Waals surface area contributed by atoms with Crippen LogP contribution in [-0.4, -0.2) is 10.4 Å². The number of nitrogens with zero attached hydrogens (tertiary/aromatic N) is 1. The minimum atomic E-state index is -0.563. The molecular formula is C16H11NO2S. The van der Waals surface area contributed by atoms with E-state index in [-0.39, 0.29) is 5.78 Å². The number of benzene rings is 1. The molecular weight excluding hydrogens is 270 g/mol. The van der Waals surface area contributed by atoms with Gasteiger partial charge in [0.2, 0.25) is 5.78 Å². The van der Waals surface area contributed by atoms with Crippen LogP contribution < -0.4 is 4.74 Å². The number of ether oxygens (including phenoxy) is 1. The van der Waals surface area contributed by atoms with Crippen molar-refractivity contribution in [1.82, 2.24) is 4.57 Å². The highest BCUT2D eigenvalue weighted by Crippen LogP contribution is 2.36. The summed E-state index contributed by atoms with van der Waals surface area (Å²) in [7, 11) is 0. The first-order chi connectivity index (χ1) is 9.84. The van der Waals surface area contributed by atoms with E-state index in [0.29, 0.717) is 5.69 Å². The lowest BCUT2D eigenvalue weighted by Gasteiger charge is -2.14. The van der Waals surface area contributed by atoms with Crippen LogP contribution >= 0.6 is 11.3 Å². The quantitative estimate of drug-likeness (QED) is 0.678. The van der Waals surface area contributed by atoms with Gasteiger partial charge in [-0.05, 0) is 35.7 Å². The van der Waals surface area contributed by atoms with Crippen molar-refractivity contribution < 1.29 is 9.53 Å². The largest absolute Gasteiger partial charge is 0.474 e. The van der Waals surface area contributed by atoms with E-state index in [1.807, 2.05) is 64.7 Å². The maximum atomic E-state index is 12.7. The summed E-state index contributed by atoms with van der Waals surface area (Å²) in [6.45, 7) is 0. The van der Waals surface area contributed by atoms with Crippen molar-refractivity contribution >= 4 is 17.1 Å². The summed E-state index contributed by atoms with van der Waals surface area (Å²) >= 11 is 1.54. The summed E-state index contributed by atoms with van der Waals surface area (Å²) in [6, 6.07) is 15.3. The second kappa shape index (κ2) is 4.35. The zero-order chi connectivity index (χ0) is 13.5. The van der Waals surface area contributed by atoms with E-state index in [4.69, 9.17) is 4.74 Å². The SMILES string of the molecule is O=C1c2cccn2-c2ccccc2O[C@H]1c1cccs1. The molecule has 0 bridgehead atoms. The Morgan fingerprint density at radius 1 is 1.05 bits per heavy atom. The standard InChI is InChI=1S/C16H11NO2S/c18-15-12-6-3-9-17(12)11-5-1-2-7-13(11)19-16(15)14-8-4-10-20-14/h1-10,16H/t16-/m0/s1. The first kappa shape index (κ1) is 11.5. The summed E-state index contributed by atoms with van der Waals surface area (Å²) in [5.74, 6) is 0.725. The average Bonchev–Trinajstić information content (AvgIpc) is 3.14. The molecule has 0 saturated heterocycles. The van der Waals surface area contributed by atoms with Crippen LogP contribution in [0.5, 0.6) is 5.75 Å². The van der Waals surface area contributed by atoms with Gasteiger partial charge >= 0.3 is 0 Å². The molecule has 0 unspecified atom stereocenters. The summed E-state index contributed by atoms with van der Waals surface area (Å²) in [5, 5.41) is 1.96. The van der Waals surface area contributed by atoms with Crippen molar-refractivity contribution in [1.29, 1.82) is 0 Å². The Hall–Kier alpha value is -2.33. The number of carbonyl (C=O) groups excluding carboxylic acids is 1. The Morgan fingerprint density at radius 2 is 1.95 bits per heavy atom. The van der Waals surface area contributed by atoms with Gasteiger partial charge in [-0.15, -0.1) is 11.3 Å². The van der Waals surface area contributed by atoms with Gasteiger partial charge in [0, 0.05) is 6.20 Å². The van der Waals surface area contributed by atoms with Crippen molar-refractivity contribution in [2.24, 2.45) is 0 Å². The van der Waals surface area contributed by atoms with E-state index < -0.39 is 6.10 Å². The third-order valence-corrected chi connectivity index (χ3v) is 4.33. The predicted molar refractivity (Wildman–Crippen MR) is 77.8 cm³/mol. The number of carbonyl (C=O) groups is 1. The zero-order valence-corrected chi connectivity index (χ0v) is 11.3. The summed E-state index contributed by atoms with van der Waals surface area (Å²) in [4.78, 5) is 13.7. The first-order valence-corrected chi connectivity index (χ1v) is 7.23. The van der Waals surface area contributed by atoms with E-state index in [1.165, 1.54) is 11.3 Å². The number of hydrogen-bond acceptors (Lipinski definition) is 3. The predicted octanol–water partition coefficient (Wildman–Crippen LogP) is 3.86. The van der Waals surface area contributed by atoms with E-state index in [2.05, 4.69) is 0 Å². The lowest BCUT2D eigenvalue weighted by atomic mass is 10.1. The first-order valence-electron chi connectivity index (χ1n) is 6.35. The normalized spacial score (nSPS) is 17.0. The summed E-state index contributed by atoms with van der Waals surface area (Å²) in [5.41, 5.74) is 1.56. The summed E-state index contributed by atoms with van der Waals surface area (Å²) < 4.78 is 7.89. The van der Waals surface area contributed by atoms with Crippen molar-refractivity contribution in [2.45, 2.75) is 6.10 Å². The van der Waals surface area contributed by atoms with Crippen molar-refractivity contribution in [2.75, 3.05) is 0 Å². The van der Waals surface area contributed by atoms with Crippen LogP contribution in [-0.2, 0) is 0 Å². The number of rotatable bonds is 1. The third kappa shape index (κ3) is 1.62. The molecule has 1 atom stereocenters. The number of para-hydroxylation sites is 2. The molecule has 98 valence electrons. The zero-order valence-electron chi connectivity index (χ0n) is 10.5. The Kier molecular flexibility index (Phi) is 2.50. The second-order valence-corrected chi connectivity index (χ2v) is 5.59. The van der Waals surface area contributed by atoms with Gasteiger partial charge in [0.05, 0.1) is 16.3 Å². The number of ketones is 1. The van der Waals surface area contributed by atoms with Gasteiger partial charge in [0.1, 0.15) is 5.75 Å². The molecule has 3 heterocycles. The molecule has 1 aliphatic rings. The molecule has 0 aliphatic carbocycles. The Balaban J connectivity index is 1.95. The Morgan fingerprint density at radius 3 is 2.80 bits per heavy atom. The molecule has 1 aliphatic heterocycles. The van der Waals surface area contributed by atoms with Crippen LogP contribution in [0.25, 0.3) is 5.69 Å². The number of aromatic nitrogens is 1. The van der Waals surface area contributed by atoms with Crippen LogP contribution in [0, 0.1) is 0 Å². The molecule has 0 amide bonds. The molecule has 0 N–H and O–H groups in total. The minimum Gasteiger partial charge on any atom is -0.474 e. The molecule has 3 nitrogen and oxygen atoms in total. The van der Waals surface area contributed by atoms with Gasteiger partial charge in [-0.3, -0.25) is 4.79 Å². The fraction of sp³-hybridized carbons (Fsp3) is 0.0625. The van der Waals surface area contributed by atoms with Crippen LogP contribution in [0.4, 0.5) is 0 Å². The maximum Gasteiger partial charge on any atom is 0.225 e. The minimum absolute atomic E-state index is 0.00588. The number of fused-ring (bicyclic) bond motifs is 3. The molecule has 2 aromatic heterocycles. The summed E-state index contributed by atoms with van der Waals surface area (Å²) in [6.07, 6.45) is 1.33. The molecule has 1 aromatic carbocycles. The van der Waals surface area contributed by atoms with Crippen LogP contribution in [0.2, 0.25) is 0 Å². The molecule has 4 heteroatoms. The third-order valence-electron chi connectivity index (χ3n) is 3.41. The lowest BCUT2D eigenvalue weighted by Crippen LogP contribution is -2.17. The van der Waals surface area contributed by atoms with Crippen LogP contribution in [0.3, 0.4) is 0 Å². The molecule has 20 heavy (non-hydrogen) atoms. The van der Waals surface area contributed by atoms with E-state index in [0.717, 1.165) is 16.3 Å². The topological polar surface area (TPSA) is 31.2 Å². The maximum absolute atomic E-state index is 12.7. The van der Waals surface area contributed by atoms with Gasteiger partial charge in [-0.25, -0.2) is 0 Å². The van der Waals surface area contributed by atoms with E-state index in [1.54, 1.807) is 0 Å². The highest BCUT2D eigenvalue weighted by Gasteiger charge is 2.31. The van der Waals surface area contributed by atoms with Crippen molar-refractivity contribution in [3.63, 3.8) is 0 Å². The van der Waals surface area contributed by atoms with Crippen molar-refractivity contribution in [3.8, 4) is 11.4 Å². The molecule has 0 fully saturated rings. The fourth-order valence-corrected chi connectivity index (χ4v) is 3.24. The number of hydrogen-bond donors (Lipinski definition) is 0. The van der Waals surface area contributed by atoms with Crippen molar-refractivity contribution in [3.05, 3.63) is 70.7 Å². The fourth-order valence-electron chi connectivity index (χ4n) is 2.49. The van der Waals surface area contributed by atoms with Gasteiger partial charge in [0.25, 0.3) is 0 Å². The Bertz CT molecular complexity index is 773. The van der Waals surface area contributed by atoms with Crippen LogP contribution in [0.1, 0.15) is 21.5 Å². The lowest BCUT2D eigenvalue weighted by molar-refractivity contribution is 0.0801. The van der Waals surface area contributed by atoms with E-state index in [9.17, 15) is 4.79 Å². The van der Waals surface area contributed by atoms with E-state index >= 15 is 0 Å². The second-order valence-electron chi connectivity index (χ2n) is 4.61. The van der Waals surface area contributed by atoms with Gasteiger partial charge in [0.15, 0.2) is 6.10 Å². The number of thiophene rings is 1. The molecule has 0 spiro atoms. The smallest absolute Gasteiger partial charge is 0.225 e. The molecule has 0 radical (unpaired) electrons. The molecule has 0 saturated carbocycles. The molecule has 3 aromatic rings. The van der Waals surface area contributed by atoms with Crippen LogP contribution in [0.15, 0.2) is 60.1 Å². The number of Topliss-reactive ketones (excluding diaryl/α,β-unsaturated/α-hetero) is 1. The van der Waals surface area contributed by atoms with Gasteiger partial charge < -0.3 is 9.30 Å². The van der Waals surface area contributed by atoms with Gasteiger partial charge in [-0.1, -0.05) is 18.2 Å². The monoisotopic (exact) mass is 281 g/mol. The molecule has 4 rings (SSSR count).